The van der Waals surface area contributed by atoms with E-state index in [1.165, 1.54) is 18.1 Å². The van der Waals surface area contributed by atoms with Gasteiger partial charge in [-0.3, -0.25) is 24.0 Å². The van der Waals surface area contributed by atoms with Gasteiger partial charge < -0.3 is 52.4 Å². The summed E-state index contributed by atoms with van der Waals surface area (Å²) in [6.07, 6.45) is 0.653. The highest BCUT2D eigenvalue weighted by Crippen LogP contribution is 2.41. The van der Waals surface area contributed by atoms with Gasteiger partial charge in [-0.15, -0.1) is 0 Å². The minimum absolute atomic E-state index is 0.0240. The number of hydrogen-bond donors (Lipinski definition) is 9. The topological polar surface area (TPSA) is 261 Å². The summed E-state index contributed by atoms with van der Waals surface area (Å²) in [6.45, 7) is 5.10. The van der Waals surface area contributed by atoms with Gasteiger partial charge in [-0.1, -0.05) is 13.8 Å². The Balaban J connectivity index is 0.000000617. The zero-order valence-corrected chi connectivity index (χ0v) is 27.5. The van der Waals surface area contributed by atoms with Crippen LogP contribution >= 0.6 is 12.6 Å². The molecule has 0 saturated carbocycles. The Morgan fingerprint density at radius 3 is 2.04 bits per heavy atom. The molecule has 0 spiro atoms. The number of carbonyl (C=O) groups excluding carboxylic acids is 4. The summed E-state index contributed by atoms with van der Waals surface area (Å²) in [5.41, 5.74) is 13.7. The highest BCUT2D eigenvalue weighted by atomic mass is 32.1. The van der Waals surface area contributed by atoms with Gasteiger partial charge in [-0.25, -0.2) is 4.79 Å². The average molecular weight is 671 g/mol. The molecule has 0 unspecified atom stereocenters. The van der Waals surface area contributed by atoms with Gasteiger partial charge in [0.15, 0.2) is 11.5 Å². The molecular formula is C29H46N6O10S. The first-order chi connectivity index (χ1) is 21.6. The summed E-state index contributed by atoms with van der Waals surface area (Å²) >= 11 is 3.98. The van der Waals surface area contributed by atoms with Crippen LogP contribution in [0.2, 0.25) is 0 Å². The average Bonchev–Trinajstić information content (AvgIpc) is 2.98. The number of benzene rings is 1. The zero-order chi connectivity index (χ0) is 35.1. The van der Waals surface area contributed by atoms with E-state index in [-0.39, 0.29) is 18.1 Å². The van der Waals surface area contributed by atoms with Gasteiger partial charge in [-0.2, -0.15) is 12.6 Å². The van der Waals surface area contributed by atoms with Crippen LogP contribution in [0.5, 0.6) is 11.5 Å². The summed E-state index contributed by atoms with van der Waals surface area (Å²) in [5.74, 6) is -3.56. The maximum Gasteiger partial charge on any atom is 0.326 e. The number of carbonyl (C=O) groups is 6. The van der Waals surface area contributed by atoms with E-state index in [9.17, 15) is 28.8 Å². The van der Waals surface area contributed by atoms with Crippen molar-refractivity contribution in [1.82, 2.24) is 21.3 Å². The van der Waals surface area contributed by atoms with E-state index < -0.39 is 72.7 Å². The number of rotatable bonds is 17. The van der Waals surface area contributed by atoms with E-state index in [2.05, 4.69) is 33.9 Å². The van der Waals surface area contributed by atoms with Crippen LogP contribution in [-0.4, -0.2) is 103 Å². The van der Waals surface area contributed by atoms with Gasteiger partial charge >= 0.3 is 11.9 Å². The number of nitrogens with two attached hydrogens (primary N) is 2. The minimum atomic E-state index is -1.35. The first-order valence-electron chi connectivity index (χ1n) is 14.5. The highest BCUT2D eigenvalue weighted by molar-refractivity contribution is 7.80. The van der Waals surface area contributed by atoms with Crippen LogP contribution in [0.1, 0.15) is 50.7 Å². The zero-order valence-electron chi connectivity index (χ0n) is 26.6. The lowest BCUT2D eigenvalue weighted by molar-refractivity contribution is -0.142. The molecule has 1 aliphatic carbocycles. The molecule has 4 amide bonds. The molecule has 0 radical (unpaired) electrons. The molecule has 5 atom stereocenters. The summed E-state index contributed by atoms with van der Waals surface area (Å²) in [4.78, 5) is 70.0. The molecule has 0 saturated heterocycles. The smallest absolute Gasteiger partial charge is 0.326 e. The fraction of sp³-hybridized carbons (Fsp3) is 0.586. The van der Waals surface area contributed by atoms with Crippen molar-refractivity contribution in [3.8, 4) is 11.5 Å². The SMILES string of the molecule is CC(C)C[C@H](NC(=O)CNC(=O)[C@H](CS)NC(=O)[C@H](C)NC(=O)[C@@H](N)CC(=O)O)C(=O)O.COc1cc2c(cc1OC)[C@H](CN)C2. The maximum absolute atomic E-state index is 12.2. The molecule has 258 valence electrons. The number of carboxylic acid groups (broad SMARTS) is 2. The number of amides is 4. The Labute approximate surface area is 273 Å². The van der Waals surface area contributed by atoms with Crippen molar-refractivity contribution in [1.29, 1.82) is 0 Å². The third-order valence-electron chi connectivity index (χ3n) is 6.90. The normalized spacial score (nSPS) is 15.6. The summed E-state index contributed by atoms with van der Waals surface area (Å²) in [6, 6.07) is -0.660. The first kappa shape index (κ1) is 39.9. The molecule has 0 aliphatic heterocycles. The van der Waals surface area contributed by atoms with E-state index >= 15 is 0 Å². The van der Waals surface area contributed by atoms with E-state index in [1.54, 1.807) is 28.1 Å². The number of methoxy groups -OCH3 is 2. The Hall–Kier alpha value is -4.09. The van der Waals surface area contributed by atoms with Gasteiger partial charge in [0.1, 0.15) is 18.1 Å². The molecule has 2 rings (SSSR count). The second kappa shape index (κ2) is 19.4. The predicted molar refractivity (Wildman–Crippen MR) is 171 cm³/mol. The number of nitrogens with one attached hydrogen (secondary N) is 4. The van der Waals surface area contributed by atoms with Gasteiger partial charge in [0.25, 0.3) is 0 Å². The van der Waals surface area contributed by atoms with Crippen LogP contribution in [0.25, 0.3) is 0 Å². The number of fused-ring (bicyclic) bond motifs is 1. The lowest BCUT2D eigenvalue weighted by Crippen LogP contribution is -2.56. The van der Waals surface area contributed by atoms with Crippen LogP contribution in [0.4, 0.5) is 0 Å². The van der Waals surface area contributed by atoms with E-state index in [4.69, 9.17) is 31.2 Å². The van der Waals surface area contributed by atoms with Crippen molar-refractivity contribution < 1.29 is 48.5 Å². The molecule has 1 aromatic rings. The number of ether oxygens (including phenoxy) is 2. The van der Waals surface area contributed by atoms with Crippen LogP contribution in [-0.2, 0) is 35.2 Å². The van der Waals surface area contributed by atoms with Gasteiger partial charge in [0, 0.05) is 11.7 Å². The monoisotopic (exact) mass is 670 g/mol. The number of thiol groups is 1. The standard InChI is InChI=1S/C18H31N5O8S.C11H15NO2/c1-8(2)4-11(18(30)31)22-13(24)6-20-17(29)12(7-32)23-15(27)9(3)21-16(28)10(19)5-14(25)26;1-13-10-4-7-3-8(6-12)9(7)5-11(10)14-2/h8-12,32H,4-7,19H2,1-3H3,(H,20,29)(H,21,28)(H,22,24)(H,23,27)(H,25,26)(H,30,31);4-5,8H,3,6,12H2,1-2H3/t9-,10-,11-,12-;8-/m00/s1. The van der Waals surface area contributed by atoms with Crippen molar-refractivity contribution in [2.45, 2.75) is 70.1 Å². The van der Waals surface area contributed by atoms with Gasteiger partial charge in [-0.05, 0) is 55.5 Å². The summed E-state index contributed by atoms with van der Waals surface area (Å²) < 4.78 is 10.5. The van der Waals surface area contributed by atoms with E-state index in [0.29, 0.717) is 12.5 Å². The van der Waals surface area contributed by atoms with Crippen LogP contribution in [0, 0.1) is 5.92 Å². The van der Waals surface area contributed by atoms with Gasteiger partial charge in [0.05, 0.1) is 33.2 Å². The molecule has 16 nitrogen and oxygen atoms in total. The van der Waals surface area contributed by atoms with Crippen molar-refractivity contribution in [2.75, 3.05) is 33.1 Å². The molecule has 17 heteroatoms. The number of hydrogen-bond acceptors (Lipinski definition) is 11. The molecule has 46 heavy (non-hydrogen) atoms. The van der Waals surface area contributed by atoms with E-state index in [0.717, 1.165) is 17.9 Å². The molecule has 0 bridgehead atoms. The Morgan fingerprint density at radius 2 is 1.54 bits per heavy atom. The molecular weight excluding hydrogens is 624 g/mol. The molecule has 0 heterocycles. The maximum atomic E-state index is 12.2. The minimum Gasteiger partial charge on any atom is -0.493 e. The first-order valence-corrected chi connectivity index (χ1v) is 15.1. The summed E-state index contributed by atoms with van der Waals surface area (Å²) in [7, 11) is 3.31. The molecule has 1 aliphatic rings. The third-order valence-corrected chi connectivity index (χ3v) is 7.26. The predicted octanol–water partition coefficient (Wildman–Crippen LogP) is -1.26. The Kier molecular flexibility index (Phi) is 16.9. The lowest BCUT2D eigenvalue weighted by atomic mass is 9.77. The van der Waals surface area contributed by atoms with Crippen LogP contribution in [0.15, 0.2) is 12.1 Å². The summed E-state index contributed by atoms with van der Waals surface area (Å²) in [5, 5.41) is 26.9. The lowest BCUT2D eigenvalue weighted by Gasteiger charge is -2.30. The number of carboxylic acids is 2. The van der Waals surface area contributed by atoms with Crippen molar-refractivity contribution >= 4 is 48.2 Å². The molecule has 10 N–H and O–H groups in total. The second-order valence-corrected chi connectivity index (χ2v) is 11.4. The third kappa shape index (κ3) is 12.7. The fourth-order valence-electron chi connectivity index (χ4n) is 4.33. The highest BCUT2D eigenvalue weighted by Gasteiger charge is 2.28. The molecule has 1 aromatic carbocycles. The van der Waals surface area contributed by atoms with Crippen molar-refractivity contribution in [3.05, 3.63) is 23.3 Å². The van der Waals surface area contributed by atoms with Crippen LogP contribution in [0.3, 0.4) is 0 Å². The van der Waals surface area contributed by atoms with Crippen LogP contribution < -0.4 is 42.2 Å². The van der Waals surface area contributed by atoms with Crippen molar-refractivity contribution in [3.63, 3.8) is 0 Å². The quantitative estimate of drug-likeness (QED) is 0.0880. The van der Waals surface area contributed by atoms with E-state index in [1.807, 2.05) is 12.1 Å². The second-order valence-electron chi connectivity index (χ2n) is 11.0. The van der Waals surface area contributed by atoms with Crippen molar-refractivity contribution in [2.24, 2.45) is 17.4 Å². The fourth-order valence-corrected chi connectivity index (χ4v) is 4.59. The van der Waals surface area contributed by atoms with Gasteiger partial charge in [0.2, 0.25) is 23.6 Å². The number of aliphatic carboxylic acids is 2. The molecule has 0 fully saturated rings. The Bertz CT molecular complexity index is 1250. The molecule has 0 aromatic heterocycles. The Morgan fingerprint density at radius 1 is 0.935 bits per heavy atom. The largest absolute Gasteiger partial charge is 0.493 e.